The Balaban J connectivity index is 2.77. The van der Waals surface area contributed by atoms with Gasteiger partial charge < -0.3 is 10.5 Å². The zero-order valence-corrected chi connectivity index (χ0v) is 12.7. The summed E-state index contributed by atoms with van der Waals surface area (Å²) in [5.74, 6) is 1.31. The summed E-state index contributed by atoms with van der Waals surface area (Å²) in [6, 6.07) is 1.19. The highest BCUT2D eigenvalue weighted by Crippen LogP contribution is 2.30. The molecule has 1 rings (SSSR count). The Morgan fingerprint density at radius 3 is 2.44 bits per heavy atom. The van der Waals surface area contributed by atoms with E-state index in [1.165, 1.54) is 25.7 Å². The molecule has 3 heteroatoms. The fourth-order valence-electron chi connectivity index (χ4n) is 3.46. The molecular weight excluding hydrogens is 224 g/mol. The monoisotopic (exact) mass is 256 g/mol. The molecule has 0 aromatic heterocycles. The summed E-state index contributed by atoms with van der Waals surface area (Å²) in [7, 11) is 1.81. The van der Waals surface area contributed by atoms with Crippen molar-refractivity contribution >= 4 is 0 Å². The molecule has 1 aliphatic carbocycles. The smallest absolute Gasteiger partial charge is 0.0620 e. The lowest BCUT2D eigenvalue weighted by atomic mass is 9.82. The van der Waals surface area contributed by atoms with E-state index in [0.717, 1.165) is 19.7 Å². The maximum atomic E-state index is 5.98. The first-order valence-electron chi connectivity index (χ1n) is 7.60. The Kier molecular flexibility index (Phi) is 7.20. The molecule has 3 nitrogen and oxygen atoms in total. The van der Waals surface area contributed by atoms with Crippen molar-refractivity contribution < 1.29 is 4.74 Å². The topological polar surface area (TPSA) is 38.5 Å². The standard InChI is InChI=1S/C15H32N2O/c1-5-17(15(11-18-4)12(2)3)14-9-7-6-8-13(14)10-16/h12-15H,5-11,16H2,1-4H3. The number of nitrogens with zero attached hydrogens (tertiary/aromatic N) is 1. The van der Waals surface area contributed by atoms with E-state index in [0.29, 0.717) is 23.9 Å². The summed E-state index contributed by atoms with van der Waals surface area (Å²) in [5, 5.41) is 0. The van der Waals surface area contributed by atoms with Gasteiger partial charge in [0.15, 0.2) is 0 Å². The van der Waals surface area contributed by atoms with E-state index in [-0.39, 0.29) is 0 Å². The second kappa shape index (κ2) is 8.13. The van der Waals surface area contributed by atoms with Crippen LogP contribution < -0.4 is 5.73 Å². The van der Waals surface area contributed by atoms with Crippen molar-refractivity contribution in [2.24, 2.45) is 17.6 Å². The van der Waals surface area contributed by atoms with Crippen molar-refractivity contribution in [1.29, 1.82) is 0 Å². The normalized spacial score (nSPS) is 26.8. The zero-order valence-electron chi connectivity index (χ0n) is 12.7. The van der Waals surface area contributed by atoms with Crippen LogP contribution in [0.25, 0.3) is 0 Å². The van der Waals surface area contributed by atoms with Gasteiger partial charge in [-0.1, -0.05) is 33.6 Å². The first-order valence-corrected chi connectivity index (χ1v) is 7.60. The van der Waals surface area contributed by atoms with E-state index >= 15 is 0 Å². The Morgan fingerprint density at radius 1 is 1.28 bits per heavy atom. The maximum absolute atomic E-state index is 5.98. The largest absolute Gasteiger partial charge is 0.383 e. The summed E-state index contributed by atoms with van der Waals surface area (Å²) in [6.45, 7) is 9.64. The van der Waals surface area contributed by atoms with Crippen LogP contribution in [0.15, 0.2) is 0 Å². The maximum Gasteiger partial charge on any atom is 0.0620 e. The summed E-state index contributed by atoms with van der Waals surface area (Å²) in [4.78, 5) is 2.66. The van der Waals surface area contributed by atoms with Gasteiger partial charge in [-0.15, -0.1) is 0 Å². The molecule has 0 bridgehead atoms. The molecular formula is C15H32N2O. The van der Waals surface area contributed by atoms with Gasteiger partial charge in [-0.2, -0.15) is 0 Å². The Morgan fingerprint density at radius 2 is 1.94 bits per heavy atom. The predicted molar refractivity (Wildman–Crippen MR) is 77.7 cm³/mol. The number of likely N-dealkylation sites (N-methyl/N-ethyl adjacent to an activating group) is 1. The first kappa shape index (κ1) is 15.9. The lowest BCUT2D eigenvalue weighted by Gasteiger charge is -2.44. The molecule has 1 aliphatic rings. The number of hydrogen-bond acceptors (Lipinski definition) is 3. The van der Waals surface area contributed by atoms with Gasteiger partial charge in [-0.25, -0.2) is 0 Å². The van der Waals surface area contributed by atoms with Crippen molar-refractivity contribution in [2.45, 2.75) is 58.5 Å². The average molecular weight is 256 g/mol. The van der Waals surface area contributed by atoms with Gasteiger partial charge in [0.1, 0.15) is 0 Å². The van der Waals surface area contributed by atoms with Gasteiger partial charge >= 0.3 is 0 Å². The molecule has 0 spiro atoms. The predicted octanol–water partition coefficient (Wildman–Crippen LogP) is 2.50. The van der Waals surface area contributed by atoms with Gasteiger partial charge in [-0.3, -0.25) is 4.90 Å². The molecule has 18 heavy (non-hydrogen) atoms. The van der Waals surface area contributed by atoms with Crippen LogP contribution in [0.2, 0.25) is 0 Å². The van der Waals surface area contributed by atoms with Gasteiger partial charge in [0, 0.05) is 19.2 Å². The number of hydrogen-bond donors (Lipinski definition) is 1. The first-order chi connectivity index (χ1) is 8.65. The van der Waals surface area contributed by atoms with E-state index in [9.17, 15) is 0 Å². The second-order valence-corrected chi connectivity index (χ2v) is 5.94. The molecule has 2 N–H and O–H groups in total. The molecule has 108 valence electrons. The van der Waals surface area contributed by atoms with Gasteiger partial charge in [0.25, 0.3) is 0 Å². The van der Waals surface area contributed by atoms with Crippen molar-refractivity contribution in [3.05, 3.63) is 0 Å². The molecule has 0 aromatic rings. The Bertz CT molecular complexity index is 221. The van der Waals surface area contributed by atoms with Crippen LogP contribution in [-0.2, 0) is 4.74 Å². The minimum Gasteiger partial charge on any atom is -0.383 e. The SMILES string of the molecule is CCN(C(COC)C(C)C)C1CCCCC1CN. The van der Waals surface area contributed by atoms with E-state index in [4.69, 9.17) is 10.5 Å². The second-order valence-electron chi connectivity index (χ2n) is 5.94. The van der Waals surface area contributed by atoms with E-state index in [1.54, 1.807) is 0 Å². The van der Waals surface area contributed by atoms with Crippen molar-refractivity contribution in [3.63, 3.8) is 0 Å². The number of ether oxygens (including phenoxy) is 1. The average Bonchev–Trinajstić information content (AvgIpc) is 2.39. The fraction of sp³-hybridized carbons (Fsp3) is 1.00. The van der Waals surface area contributed by atoms with Crippen LogP contribution in [0.5, 0.6) is 0 Å². The fourth-order valence-corrected chi connectivity index (χ4v) is 3.46. The highest BCUT2D eigenvalue weighted by atomic mass is 16.5. The van der Waals surface area contributed by atoms with Gasteiger partial charge in [0.05, 0.1) is 6.61 Å². The van der Waals surface area contributed by atoms with Crippen LogP contribution >= 0.6 is 0 Å². The number of rotatable bonds is 7. The molecule has 0 heterocycles. The Labute approximate surface area is 113 Å². The molecule has 0 aliphatic heterocycles. The summed E-state index contributed by atoms with van der Waals surface area (Å²) >= 11 is 0. The number of nitrogens with two attached hydrogens (primary N) is 1. The highest BCUT2D eigenvalue weighted by molar-refractivity contribution is 4.88. The van der Waals surface area contributed by atoms with E-state index in [2.05, 4.69) is 25.7 Å². The molecule has 3 atom stereocenters. The third-order valence-electron chi connectivity index (χ3n) is 4.50. The summed E-state index contributed by atoms with van der Waals surface area (Å²) in [6.07, 6.45) is 5.32. The van der Waals surface area contributed by atoms with Crippen LogP contribution in [0.1, 0.15) is 46.5 Å². The van der Waals surface area contributed by atoms with E-state index in [1.807, 2.05) is 7.11 Å². The number of methoxy groups -OCH3 is 1. The minimum absolute atomic E-state index is 0.525. The molecule has 1 fully saturated rings. The van der Waals surface area contributed by atoms with Crippen LogP contribution in [0.3, 0.4) is 0 Å². The van der Waals surface area contributed by atoms with Crippen LogP contribution in [-0.4, -0.2) is 43.8 Å². The highest BCUT2D eigenvalue weighted by Gasteiger charge is 2.33. The molecule has 0 saturated heterocycles. The third kappa shape index (κ3) is 3.94. The van der Waals surface area contributed by atoms with Crippen molar-refractivity contribution in [2.75, 3.05) is 26.8 Å². The van der Waals surface area contributed by atoms with Gasteiger partial charge in [-0.05, 0) is 37.8 Å². The molecule has 0 radical (unpaired) electrons. The van der Waals surface area contributed by atoms with Crippen molar-refractivity contribution in [3.8, 4) is 0 Å². The molecule has 0 aromatic carbocycles. The summed E-state index contributed by atoms with van der Waals surface area (Å²) < 4.78 is 5.43. The quantitative estimate of drug-likeness (QED) is 0.760. The van der Waals surface area contributed by atoms with Crippen molar-refractivity contribution in [1.82, 2.24) is 4.90 Å². The molecule has 0 amide bonds. The van der Waals surface area contributed by atoms with Crippen LogP contribution in [0.4, 0.5) is 0 Å². The molecule has 1 saturated carbocycles. The Hall–Kier alpha value is -0.120. The van der Waals surface area contributed by atoms with Crippen LogP contribution in [0, 0.1) is 11.8 Å². The third-order valence-corrected chi connectivity index (χ3v) is 4.50. The minimum atomic E-state index is 0.525. The lowest BCUT2D eigenvalue weighted by molar-refractivity contribution is 0.00857. The zero-order chi connectivity index (χ0) is 13.5. The summed E-state index contributed by atoms with van der Waals surface area (Å²) in [5.41, 5.74) is 5.98. The molecule has 3 unspecified atom stereocenters. The van der Waals surface area contributed by atoms with Gasteiger partial charge in [0.2, 0.25) is 0 Å². The lowest BCUT2D eigenvalue weighted by Crippen LogP contribution is -2.53. The van der Waals surface area contributed by atoms with E-state index < -0.39 is 0 Å².